The van der Waals surface area contributed by atoms with Gasteiger partial charge in [-0.15, -0.1) is 0 Å². The number of aliphatic hydroxyl groups is 1. The topological polar surface area (TPSA) is 70.6 Å². The number of fused-ring (bicyclic) bond motifs is 1. The maximum absolute atomic E-state index is 12.3. The molecule has 0 aromatic heterocycles. The first-order valence-electron chi connectivity index (χ1n) is 7.45. The van der Waals surface area contributed by atoms with Crippen molar-refractivity contribution in [3.8, 4) is 0 Å². The minimum atomic E-state index is -0.899. The van der Waals surface area contributed by atoms with Gasteiger partial charge < -0.3 is 20.5 Å². The van der Waals surface area contributed by atoms with Gasteiger partial charge in [-0.25, -0.2) is 0 Å². The lowest BCUT2D eigenvalue weighted by molar-refractivity contribution is -0.125. The first-order chi connectivity index (χ1) is 9.10. The SMILES string of the molecule is CC1OCCC1(O)CNC(=O)C1NCC2CCCC21. The van der Waals surface area contributed by atoms with Crippen molar-refractivity contribution in [2.45, 2.75) is 50.4 Å². The summed E-state index contributed by atoms with van der Waals surface area (Å²) in [5.74, 6) is 1.21. The molecule has 3 N–H and O–H groups in total. The molecule has 5 unspecified atom stereocenters. The normalized spacial score (nSPS) is 45.4. The van der Waals surface area contributed by atoms with Gasteiger partial charge in [0.05, 0.1) is 12.1 Å². The van der Waals surface area contributed by atoms with E-state index in [1.54, 1.807) is 0 Å². The largest absolute Gasteiger partial charge is 0.385 e. The van der Waals surface area contributed by atoms with Crippen LogP contribution in [0.5, 0.6) is 0 Å². The molecule has 0 radical (unpaired) electrons. The molecule has 2 saturated heterocycles. The second kappa shape index (κ2) is 5.04. The highest BCUT2D eigenvalue weighted by Gasteiger charge is 2.44. The number of amides is 1. The summed E-state index contributed by atoms with van der Waals surface area (Å²) in [4.78, 5) is 12.3. The standard InChI is InChI=1S/C14H24N2O3/c1-9-14(18,5-6-19-9)8-16-13(17)12-11-4-2-3-10(11)7-15-12/h9-12,15,18H,2-8H2,1H3,(H,16,17). The Morgan fingerprint density at radius 3 is 3.11 bits per heavy atom. The van der Waals surface area contributed by atoms with E-state index in [1.807, 2.05) is 6.92 Å². The van der Waals surface area contributed by atoms with E-state index in [1.165, 1.54) is 12.8 Å². The fraction of sp³-hybridized carbons (Fsp3) is 0.929. The van der Waals surface area contributed by atoms with E-state index < -0.39 is 5.60 Å². The highest BCUT2D eigenvalue weighted by Crippen LogP contribution is 2.37. The summed E-state index contributed by atoms with van der Waals surface area (Å²) < 4.78 is 5.38. The molecule has 1 amide bonds. The lowest BCUT2D eigenvalue weighted by Crippen LogP contribution is -2.52. The van der Waals surface area contributed by atoms with Gasteiger partial charge in [0, 0.05) is 19.6 Å². The van der Waals surface area contributed by atoms with Gasteiger partial charge in [0.1, 0.15) is 5.60 Å². The number of nitrogens with one attached hydrogen (secondary N) is 2. The Morgan fingerprint density at radius 2 is 2.37 bits per heavy atom. The van der Waals surface area contributed by atoms with Crippen molar-refractivity contribution in [2.75, 3.05) is 19.7 Å². The molecule has 3 aliphatic rings. The van der Waals surface area contributed by atoms with E-state index in [0.29, 0.717) is 31.4 Å². The lowest BCUT2D eigenvalue weighted by Gasteiger charge is -2.27. The average Bonchev–Trinajstić information content (AvgIpc) is 3.04. The predicted molar refractivity (Wildman–Crippen MR) is 70.6 cm³/mol. The third-order valence-electron chi connectivity index (χ3n) is 5.26. The molecule has 5 atom stereocenters. The average molecular weight is 268 g/mol. The molecule has 0 bridgehead atoms. The van der Waals surface area contributed by atoms with Crippen LogP contribution in [0.1, 0.15) is 32.6 Å². The third kappa shape index (κ3) is 2.39. The Hall–Kier alpha value is -0.650. The quantitative estimate of drug-likeness (QED) is 0.675. The molecule has 1 saturated carbocycles. The lowest BCUT2D eigenvalue weighted by atomic mass is 9.93. The van der Waals surface area contributed by atoms with Crippen LogP contribution in [0.15, 0.2) is 0 Å². The minimum absolute atomic E-state index is 0.0434. The fourth-order valence-electron chi connectivity index (χ4n) is 3.83. The molecule has 2 heterocycles. The maximum Gasteiger partial charge on any atom is 0.237 e. The molecule has 5 nitrogen and oxygen atoms in total. The van der Waals surface area contributed by atoms with Gasteiger partial charge in [-0.3, -0.25) is 4.79 Å². The summed E-state index contributed by atoms with van der Waals surface area (Å²) in [5.41, 5.74) is -0.899. The molecular weight excluding hydrogens is 244 g/mol. The molecule has 0 aromatic carbocycles. The number of hydrogen-bond donors (Lipinski definition) is 3. The molecule has 19 heavy (non-hydrogen) atoms. The molecule has 0 aromatic rings. The van der Waals surface area contributed by atoms with E-state index >= 15 is 0 Å². The van der Waals surface area contributed by atoms with Crippen LogP contribution in [0.4, 0.5) is 0 Å². The van der Waals surface area contributed by atoms with E-state index in [-0.39, 0.29) is 18.1 Å². The van der Waals surface area contributed by atoms with Gasteiger partial charge >= 0.3 is 0 Å². The van der Waals surface area contributed by atoms with Gasteiger partial charge in [-0.2, -0.15) is 0 Å². The Balaban J connectivity index is 1.54. The number of ether oxygens (including phenoxy) is 1. The van der Waals surface area contributed by atoms with E-state index in [2.05, 4.69) is 10.6 Å². The summed E-state index contributed by atoms with van der Waals surface area (Å²) in [6.07, 6.45) is 4.04. The van der Waals surface area contributed by atoms with Gasteiger partial charge in [0.15, 0.2) is 0 Å². The number of carbonyl (C=O) groups is 1. The molecule has 0 spiro atoms. The monoisotopic (exact) mass is 268 g/mol. The summed E-state index contributed by atoms with van der Waals surface area (Å²) in [7, 11) is 0. The van der Waals surface area contributed by atoms with Gasteiger partial charge in [0.2, 0.25) is 5.91 Å². The van der Waals surface area contributed by atoms with Crippen molar-refractivity contribution in [1.29, 1.82) is 0 Å². The minimum Gasteiger partial charge on any atom is -0.385 e. The molecule has 3 rings (SSSR count). The predicted octanol–water partition coefficient (Wildman–Crippen LogP) is 0.0306. The smallest absolute Gasteiger partial charge is 0.237 e. The van der Waals surface area contributed by atoms with Crippen molar-refractivity contribution in [3.63, 3.8) is 0 Å². The first kappa shape index (κ1) is 13.3. The first-order valence-corrected chi connectivity index (χ1v) is 7.45. The highest BCUT2D eigenvalue weighted by molar-refractivity contribution is 5.82. The Bertz CT molecular complexity index is 363. The Labute approximate surface area is 114 Å². The van der Waals surface area contributed by atoms with E-state index in [9.17, 15) is 9.90 Å². The summed E-state index contributed by atoms with van der Waals surface area (Å²) >= 11 is 0. The molecule has 3 fully saturated rings. The van der Waals surface area contributed by atoms with Crippen LogP contribution < -0.4 is 10.6 Å². The van der Waals surface area contributed by atoms with Gasteiger partial charge in [-0.1, -0.05) is 6.42 Å². The van der Waals surface area contributed by atoms with Crippen LogP contribution in [0, 0.1) is 11.8 Å². The maximum atomic E-state index is 12.3. The van der Waals surface area contributed by atoms with Crippen molar-refractivity contribution >= 4 is 5.91 Å². The van der Waals surface area contributed by atoms with Crippen molar-refractivity contribution in [3.05, 3.63) is 0 Å². The molecule has 5 heteroatoms. The second-order valence-corrected chi connectivity index (χ2v) is 6.33. The molecule has 2 aliphatic heterocycles. The molecule has 108 valence electrons. The zero-order valence-corrected chi connectivity index (χ0v) is 11.5. The Morgan fingerprint density at radius 1 is 1.53 bits per heavy atom. The third-order valence-corrected chi connectivity index (χ3v) is 5.26. The summed E-state index contributed by atoms with van der Waals surface area (Å²) in [6, 6.07) is -0.0614. The van der Waals surface area contributed by atoms with E-state index in [4.69, 9.17) is 4.74 Å². The van der Waals surface area contributed by atoms with Gasteiger partial charge in [-0.05, 0) is 38.1 Å². The number of rotatable bonds is 3. The van der Waals surface area contributed by atoms with Crippen LogP contribution in [0.3, 0.4) is 0 Å². The van der Waals surface area contributed by atoms with Crippen molar-refractivity contribution in [1.82, 2.24) is 10.6 Å². The van der Waals surface area contributed by atoms with Crippen LogP contribution in [-0.4, -0.2) is 48.5 Å². The Kier molecular flexibility index (Phi) is 3.53. The van der Waals surface area contributed by atoms with Crippen LogP contribution in [-0.2, 0) is 9.53 Å². The van der Waals surface area contributed by atoms with Crippen molar-refractivity contribution in [2.24, 2.45) is 11.8 Å². The van der Waals surface area contributed by atoms with Crippen LogP contribution in [0.25, 0.3) is 0 Å². The van der Waals surface area contributed by atoms with Gasteiger partial charge in [0.25, 0.3) is 0 Å². The molecular formula is C14H24N2O3. The summed E-state index contributed by atoms with van der Waals surface area (Å²) in [5, 5.41) is 16.6. The van der Waals surface area contributed by atoms with Crippen LogP contribution in [0.2, 0.25) is 0 Å². The van der Waals surface area contributed by atoms with Crippen LogP contribution >= 0.6 is 0 Å². The zero-order valence-electron chi connectivity index (χ0n) is 11.5. The number of carbonyl (C=O) groups excluding carboxylic acids is 1. The highest BCUT2D eigenvalue weighted by atomic mass is 16.5. The molecule has 1 aliphatic carbocycles. The summed E-state index contributed by atoms with van der Waals surface area (Å²) in [6.45, 7) is 3.69. The second-order valence-electron chi connectivity index (χ2n) is 6.33. The van der Waals surface area contributed by atoms with Crippen molar-refractivity contribution < 1.29 is 14.6 Å². The zero-order chi connectivity index (χ0) is 13.5. The number of hydrogen-bond acceptors (Lipinski definition) is 4. The van der Waals surface area contributed by atoms with E-state index in [0.717, 1.165) is 13.0 Å². The fourth-order valence-corrected chi connectivity index (χ4v) is 3.83.